The van der Waals surface area contributed by atoms with Crippen LogP contribution in [0.1, 0.15) is 43.0 Å². The molecule has 0 bridgehead atoms. The number of hydrogen-bond donors (Lipinski definition) is 1. The van der Waals surface area contributed by atoms with Crippen LogP contribution in [0.15, 0.2) is 48.5 Å². The van der Waals surface area contributed by atoms with Crippen molar-refractivity contribution in [1.29, 1.82) is 0 Å². The van der Waals surface area contributed by atoms with Gasteiger partial charge in [-0.2, -0.15) is 0 Å². The number of nitrogens with one attached hydrogen (secondary N) is 1. The van der Waals surface area contributed by atoms with Crippen LogP contribution >= 0.6 is 18.6 Å². The molecule has 0 heterocycles. The summed E-state index contributed by atoms with van der Waals surface area (Å²) in [7, 11) is 14.0. The first kappa shape index (κ1) is 25.7. The van der Waals surface area contributed by atoms with Crippen molar-refractivity contribution in [2.45, 2.75) is 63.6 Å². The normalized spacial score (nSPS) is 18.1. The molecule has 0 saturated carbocycles. The monoisotopic (exact) mass is 532 g/mol. The second kappa shape index (κ2) is 8.37. The summed E-state index contributed by atoms with van der Waals surface area (Å²) in [5.74, 6) is 0. The van der Waals surface area contributed by atoms with E-state index >= 15 is 0 Å². The van der Waals surface area contributed by atoms with Crippen molar-refractivity contribution in [3.8, 4) is 11.1 Å². The predicted octanol–water partition coefficient (Wildman–Crippen LogP) is 7.51. The van der Waals surface area contributed by atoms with Gasteiger partial charge in [0.2, 0.25) is 0 Å². The summed E-state index contributed by atoms with van der Waals surface area (Å²) in [4.78, 5) is 0. The zero-order valence-corrected chi connectivity index (χ0v) is 25.0. The number of rotatable bonds is 7. The van der Waals surface area contributed by atoms with Gasteiger partial charge in [-0.15, -0.1) is 0 Å². The van der Waals surface area contributed by atoms with Gasteiger partial charge in [-0.05, 0) is 0 Å². The molecule has 8 heteroatoms. The van der Waals surface area contributed by atoms with E-state index < -0.39 is 27.4 Å². The van der Waals surface area contributed by atoms with Crippen molar-refractivity contribution < 1.29 is 21.2 Å². The van der Waals surface area contributed by atoms with Gasteiger partial charge < -0.3 is 0 Å². The Morgan fingerprint density at radius 3 is 1.74 bits per heavy atom. The van der Waals surface area contributed by atoms with Crippen LogP contribution in [0.2, 0.25) is 26.2 Å². The number of benzene rings is 2. The molecule has 1 N–H and O–H groups in total. The van der Waals surface area contributed by atoms with Crippen molar-refractivity contribution in [3.05, 3.63) is 59.7 Å². The molecule has 0 saturated heterocycles. The van der Waals surface area contributed by atoms with Gasteiger partial charge in [0, 0.05) is 0 Å². The molecule has 0 amide bonds. The van der Waals surface area contributed by atoms with Crippen LogP contribution in [0.3, 0.4) is 0 Å². The van der Waals surface area contributed by atoms with Crippen LogP contribution in [-0.4, -0.2) is 26.9 Å². The molecule has 1 atom stereocenters. The van der Waals surface area contributed by atoms with E-state index in [9.17, 15) is 0 Å². The van der Waals surface area contributed by atoms with E-state index in [0.29, 0.717) is 6.61 Å². The molecule has 0 fully saturated rings. The fourth-order valence-electron chi connectivity index (χ4n) is 4.95. The van der Waals surface area contributed by atoms with Crippen molar-refractivity contribution in [2.24, 2.45) is 0 Å². The third-order valence-corrected chi connectivity index (χ3v) is 39.3. The Kier molecular flexibility index (Phi) is 6.93. The van der Waals surface area contributed by atoms with E-state index in [1.54, 1.807) is 0 Å². The van der Waals surface area contributed by atoms with Crippen molar-refractivity contribution in [1.82, 2.24) is 3.80 Å². The molecule has 0 radical (unpaired) electrons. The van der Waals surface area contributed by atoms with Gasteiger partial charge in [0.1, 0.15) is 0 Å². The molecule has 2 aromatic carbocycles. The second-order valence-electron chi connectivity index (χ2n) is 10.7. The molecule has 0 spiro atoms. The minimum atomic E-state index is -4.88. The number of halogens is 2. The van der Waals surface area contributed by atoms with Gasteiger partial charge in [0.15, 0.2) is 0 Å². The summed E-state index contributed by atoms with van der Waals surface area (Å²) in [6.45, 7) is 17.6. The molecule has 3 rings (SSSR count). The zero-order chi connectivity index (χ0) is 23.3. The fraction of sp³-hybridized carbons (Fsp3) is 0.478. The number of fused-ring (bicyclic) bond motifs is 3. The fourth-order valence-corrected chi connectivity index (χ4v) is 40.7. The molecule has 1 aliphatic rings. The Morgan fingerprint density at radius 1 is 0.903 bits per heavy atom. The summed E-state index contributed by atoms with van der Waals surface area (Å²) in [6, 6.07) is 17.0. The van der Waals surface area contributed by atoms with Crippen LogP contribution in [0.4, 0.5) is 0 Å². The Bertz CT molecular complexity index is 929. The Hall–Kier alpha value is 0.0481. The Balaban J connectivity index is 2.38. The molecule has 0 aromatic heterocycles. The van der Waals surface area contributed by atoms with Gasteiger partial charge in [-0.1, -0.05) is 0 Å². The van der Waals surface area contributed by atoms with E-state index in [1.807, 2.05) is 6.92 Å². The molecule has 31 heavy (non-hydrogen) atoms. The third-order valence-electron chi connectivity index (χ3n) is 5.70. The standard InChI is InChI=1S/C13H9.C6H17O2Si2.C4H10N.2ClH.Ti/c1-3-7-12-10(5-1)9-11-6-2-4-8-13(11)12;1-6-7-9(2)8-10(3,4)5;1-4(2,3)5;;;/h1-9H;6H2,1-5H3;5H,1-3H3;2*1H;/q;;-1;;;+3/p-2. The van der Waals surface area contributed by atoms with Crippen LogP contribution < -0.4 is 3.80 Å². The zero-order valence-electron chi connectivity index (χ0n) is 20.0. The van der Waals surface area contributed by atoms with Crippen LogP contribution in [0.25, 0.3) is 11.1 Å². The van der Waals surface area contributed by atoms with Crippen molar-refractivity contribution >= 4 is 33.4 Å². The van der Waals surface area contributed by atoms with E-state index in [2.05, 4.69) is 99.3 Å². The van der Waals surface area contributed by atoms with Gasteiger partial charge in [-0.3, -0.25) is 0 Å². The molecule has 171 valence electrons. The van der Waals surface area contributed by atoms with E-state index in [1.165, 1.54) is 22.3 Å². The second-order valence-corrected chi connectivity index (χ2v) is 41.0. The average molecular weight is 533 g/mol. The molecule has 3 nitrogen and oxygen atoms in total. The Labute approximate surface area is 198 Å². The average Bonchev–Trinajstić information content (AvgIpc) is 2.94. The summed E-state index contributed by atoms with van der Waals surface area (Å²) < 4.78 is 17.2. The molecule has 1 unspecified atom stereocenters. The Morgan fingerprint density at radius 2 is 1.35 bits per heavy atom. The first-order valence-corrected chi connectivity index (χ1v) is 25.1. The van der Waals surface area contributed by atoms with E-state index in [-0.39, 0.29) is 9.76 Å². The van der Waals surface area contributed by atoms with E-state index in [0.717, 1.165) is 0 Å². The topological polar surface area (TPSA) is 30.5 Å². The number of hydrogen-bond acceptors (Lipinski definition) is 3. The van der Waals surface area contributed by atoms with Gasteiger partial charge in [0.05, 0.1) is 0 Å². The maximum atomic E-state index is 8.01. The first-order valence-electron chi connectivity index (χ1n) is 11.0. The molecule has 1 aliphatic carbocycles. The molecule has 0 aliphatic heterocycles. The van der Waals surface area contributed by atoms with E-state index in [4.69, 9.17) is 27.2 Å². The van der Waals surface area contributed by atoms with Gasteiger partial charge >= 0.3 is 199 Å². The van der Waals surface area contributed by atoms with Gasteiger partial charge in [0.25, 0.3) is 0 Å². The quantitative estimate of drug-likeness (QED) is 0.374. The summed E-state index contributed by atoms with van der Waals surface area (Å²) in [5, 5.41) is 0. The minimum absolute atomic E-state index is 0.161. The van der Waals surface area contributed by atoms with Gasteiger partial charge in [-0.25, -0.2) is 0 Å². The third kappa shape index (κ3) is 4.68. The van der Waals surface area contributed by atoms with Crippen LogP contribution in [-0.2, 0) is 21.2 Å². The molecular formula is C23H36Cl2NO2Si2Ti. The van der Waals surface area contributed by atoms with Crippen LogP contribution in [0, 0.1) is 0 Å². The summed E-state index contributed by atoms with van der Waals surface area (Å²) in [5.41, 5.74) is 4.47. The van der Waals surface area contributed by atoms with Crippen molar-refractivity contribution in [3.63, 3.8) is 0 Å². The summed E-state index contributed by atoms with van der Waals surface area (Å²) >= 11 is -4.88. The maximum absolute atomic E-state index is 8.01. The summed E-state index contributed by atoms with van der Waals surface area (Å²) in [6.07, 6.45) is -3.10. The molecule has 2 aromatic rings. The predicted molar refractivity (Wildman–Crippen MR) is 136 cm³/mol. The van der Waals surface area contributed by atoms with Crippen molar-refractivity contribution in [2.75, 3.05) is 6.61 Å². The SMILES string of the molecule is CCO[Si](C)(O[Si](C)(C)C)[Ti]([Cl])([Cl])([NH]C(C)(C)C)[CH]1c2ccccc2-c2ccccc21. The van der Waals surface area contributed by atoms with Crippen LogP contribution in [0.5, 0.6) is 0 Å². The molecular weight excluding hydrogens is 497 g/mol. The first-order chi connectivity index (χ1) is 14.1.